The van der Waals surface area contributed by atoms with E-state index in [1.807, 2.05) is 24.4 Å². The number of aromatic nitrogens is 2. The van der Waals surface area contributed by atoms with Crippen LogP contribution in [0.1, 0.15) is 17.3 Å². The van der Waals surface area contributed by atoms with E-state index in [-0.39, 0.29) is 11.9 Å². The van der Waals surface area contributed by atoms with E-state index in [1.165, 1.54) is 11.3 Å². The predicted molar refractivity (Wildman–Crippen MR) is 83.2 cm³/mol. The van der Waals surface area contributed by atoms with Crippen molar-refractivity contribution in [1.82, 2.24) is 10.2 Å². The first-order valence-electron chi connectivity index (χ1n) is 6.68. The van der Waals surface area contributed by atoms with E-state index >= 15 is 0 Å². The Morgan fingerprint density at radius 3 is 2.77 bits per heavy atom. The predicted octanol–water partition coefficient (Wildman–Crippen LogP) is 3.45. The average Bonchev–Trinajstić information content (AvgIpc) is 3.19. The Kier molecular flexibility index (Phi) is 4.15. The zero-order chi connectivity index (χ0) is 15.4. The number of nitrogens with zero attached hydrogens (tertiary/aromatic N) is 2. The summed E-state index contributed by atoms with van der Waals surface area (Å²) < 4.78 is 10.7. The van der Waals surface area contributed by atoms with Crippen LogP contribution < -0.4 is 10.1 Å². The molecule has 3 aromatic rings. The van der Waals surface area contributed by atoms with Crippen molar-refractivity contribution in [3.8, 4) is 16.5 Å². The summed E-state index contributed by atoms with van der Waals surface area (Å²) in [6, 6.07) is 10.7. The molecule has 3 rings (SSSR count). The van der Waals surface area contributed by atoms with Crippen molar-refractivity contribution in [2.45, 2.75) is 6.92 Å². The summed E-state index contributed by atoms with van der Waals surface area (Å²) in [5, 5.41) is 12.2. The van der Waals surface area contributed by atoms with E-state index in [1.54, 1.807) is 24.3 Å². The van der Waals surface area contributed by atoms with Gasteiger partial charge in [0.25, 0.3) is 11.8 Å². The quantitative estimate of drug-likeness (QED) is 0.780. The van der Waals surface area contributed by atoms with Crippen LogP contribution in [0, 0.1) is 0 Å². The molecule has 6 nitrogen and oxygen atoms in total. The monoisotopic (exact) mass is 315 g/mol. The van der Waals surface area contributed by atoms with Crippen molar-refractivity contribution in [2.24, 2.45) is 0 Å². The summed E-state index contributed by atoms with van der Waals surface area (Å²) >= 11 is 1.49. The summed E-state index contributed by atoms with van der Waals surface area (Å²) in [5.74, 6) is 0.790. The largest absolute Gasteiger partial charge is 0.494 e. The summed E-state index contributed by atoms with van der Waals surface area (Å²) in [6.07, 6.45) is 0. The molecule has 0 aliphatic carbocycles. The highest BCUT2D eigenvalue weighted by Crippen LogP contribution is 2.24. The SMILES string of the molecule is CCOc1ccc(C(=O)Nc2nnc(-c3cccs3)o2)cc1. The standard InChI is InChI=1S/C15H13N3O3S/c1-2-20-11-7-5-10(6-8-11)13(19)16-15-18-17-14(21-15)12-4-3-9-22-12/h3-9H,2H2,1H3,(H,16,18,19). The minimum absolute atomic E-state index is 0.0716. The van der Waals surface area contributed by atoms with Gasteiger partial charge in [0.2, 0.25) is 0 Å². The van der Waals surface area contributed by atoms with E-state index in [0.29, 0.717) is 18.1 Å². The molecule has 2 aromatic heterocycles. The Hall–Kier alpha value is -2.67. The van der Waals surface area contributed by atoms with Gasteiger partial charge in [-0.2, -0.15) is 0 Å². The van der Waals surface area contributed by atoms with Crippen molar-refractivity contribution in [3.05, 3.63) is 47.3 Å². The van der Waals surface area contributed by atoms with Gasteiger partial charge in [0, 0.05) is 5.56 Å². The maximum atomic E-state index is 12.1. The number of anilines is 1. The second kappa shape index (κ2) is 6.40. The number of nitrogens with one attached hydrogen (secondary N) is 1. The molecule has 0 unspecified atom stereocenters. The third kappa shape index (κ3) is 3.15. The summed E-state index contributed by atoms with van der Waals surface area (Å²) in [5.41, 5.74) is 0.485. The number of benzene rings is 1. The number of carbonyl (C=O) groups is 1. The van der Waals surface area contributed by atoms with Crippen LogP contribution in [-0.2, 0) is 0 Å². The van der Waals surface area contributed by atoms with Gasteiger partial charge in [-0.25, -0.2) is 0 Å². The second-order valence-electron chi connectivity index (χ2n) is 4.30. The minimum Gasteiger partial charge on any atom is -0.494 e. The lowest BCUT2D eigenvalue weighted by Gasteiger charge is -2.04. The van der Waals surface area contributed by atoms with Crippen LogP contribution >= 0.6 is 11.3 Å². The van der Waals surface area contributed by atoms with Gasteiger partial charge in [-0.15, -0.1) is 16.4 Å². The Balaban J connectivity index is 1.69. The highest BCUT2D eigenvalue weighted by atomic mass is 32.1. The van der Waals surface area contributed by atoms with Gasteiger partial charge >= 0.3 is 6.01 Å². The molecule has 1 amide bonds. The third-order valence-corrected chi connectivity index (χ3v) is 3.66. The molecular formula is C15H13N3O3S. The van der Waals surface area contributed by atoms with E-state index < -0.39 is 0 Å². The number of thiophene rings is 1. The Morgan fingerprint density at radius 2 is 2.09 bits per heavy atom. The second-order valence-corrected chi connectivity index (χ2v) is 5.25. The first-order chi connectivity index (χ1) is 10.8. The van der Waals surface area contributed by atoms with Crippen LogP contribution in [-0.4, -0.2) is 22.7 Å². The van der Waals surface area contributed by atoms with Crippen LogP contribution in [0.4, 0.5) is 6.01 Å². The van der Waals surface area contributed by atoms with Crippen LogP contribution in [0.15, 0.2) is 46.2 Å². The molecule has 2 heterocycles. The molecule has 7 heteroatoms. The van der Waals surface area contributed by atoms with Crippen molar-refractivity contribution >= 4 is 23.3 Å². The number of amides is 1. The van der Waals surface area contributed by atoms with E-state index in [9.17, 15) is 4.79 Å². The topological polar surface area (TPSA) is 77.2 Å². The zero-order valence-corrected chi connectivity index (χ0v) is 12.6. The van der Waals surface area contributed by atoms with Crippen LogP contribution in [0.2, 0.25) is 0 Å². The van der Waals surface area contributed by atoms with Gasteiger partial charge in [-0.3, -0.25) is 10.1 Å². The fourth-order valence-corrected chi connectivity index (χ4v) is 2.46. The highest BCUT2D eigenvalue weighted by molar-refractivity contribution is 7.13. The lowest BCUT2D eigenvalue weighted by Crippen LogP contribution is -2.12. The van der Waals surface area contributed by atoms with E-state index in [4.69, 9.17) is 9.15 Å². The smallest absolute Gasteiger partial charge is 0.322 e. The normalized spacial score (nSPS) is 10.4. The Labute approximate surface area is 130 Å². The van der Waals surface area contributed by atoms with Crippen LogP contribution in [0.3, 0.4) is 0 Å². The van der Waals surface area contributed by atoms with Crippen LogP contribution in [0.25, 0.3) is 10.8 Å². The first kappa shape index (κ1) is 14.3. The molecule has 22 heavy (non-hydrogen) atoms. The number of hydrogen-bond acceptors (Lipinski definition) is 6. The number of carbonyl (C=O) groups excluding carboxylic acids is 1. The van der Waals surface area contributed by atoms with Gasteiger partial charge in [0.05, 0.1) is 11.5 Å². The minimum atomic E-state index is -0.315. The van der Waals surface area contributed by atoms with Gasteiger partial charge in [-0.1, -0.05) is 11.2 Å². The number of rotatable bonds is 5. The first-order valence-corrected chi connectivity index (χ1v) is 7.56. The molecule has 0 saturated heterocycles. The van der Waals surface area contributed by atoms with Crippen molar-refractivity contribution in [3.63, 3.8) is 0 Å². The number of ether oxygens (including phenoxy) is 1. The van der Waals surface area contributed by atoms with E-state index in [2.05, 4.69) is 15.5 Å². The summed E-state index contributed by atoms with van der Waals surface area (Å²) in [4.78, 5) is 13.0. The van der Waals surface area contributed by atoms with Crippen molar-refractivity contribution in [1.29, 1.82) is 0 Å². The maximum Gasteiger partial charge on any atom is 0.322 e. The number of hydrogen-bond donors (Lipinski definition) is 1. The van der Waals surface area contributed by atoms with Crippen molar-refractivity contribution < 1.29 is 13.9 Å². The zero-order valence-electron chi connectivity index (χ0n) is 11.8. The molecule has 0 bridgehead atoms. The maximum absolute atomic E-state index is 12.1. The summed E-state index contributed by atoms with van der Waals surface area (Å²) in [6.45, 7) is 2.49. The molecule has 0 spiro atoms. The Morgan fingerprint density at radius 1 is 1.27 bits per heavy atom. The molecule has 0 radical (unpaired) electrons. The fourth-order valence-electron chi connectivity index (χ4n) is 1.81. The summed E-state index contributed by atoms with van der Waals surface area (Å²) in [7, 11) is 0. The molecule has 0 aliphatic rings. The molecule has 112 valence electrons. The van der Waals surface area contributed by atoms with Gasteiger partial charge < -0.3 is 9.15 Å². The average molecular weight is 315 g/mol. The van der Waals surface area contributed by atoms with E-state index in [0.717, 1.165) is 10.6 Å². The molecule has 0 atom stereocenters. The lowest BCUT2D eigenvalue weighted by molar-refractivity contribution is 0.102. The molecule has 0 aliphatic heterocycles. The molecule has 1 N–H and O–H groups in total. The lowest BCUT2D eigenvalue weighted by atomic mass is 10.2. The van der Waals surface area contributed by atoms with Crippen LogP contribution in [0.5, 0.6) is 5.75 Å². The van der Waals surface area contributed by atoms with Gasteiger partial charge in [-0.05, 0) is 42.6 Å². The molecule has 0 saturated carbocycles. The van der Waals surface area contributed by atoms with Gasteiger partial charge in [0.1, 0.15) is 5.75 Å². The third-order valence-electron chi connectivity index (χ3n) is 2.80. The van der Waals surface area contributed by atoms with Crippen molar-refractivity contribution in [2.75, 3.05) is 11.9 Å². The highest BCUT2D eigenvalue weighted by Gasteiger charge is 2.13. The molecular weight excluding hydrogens is 302 g/mol. The molecule has 1 aromatic carbocycles. The Bertz CT molecular complexity index is 751. The fraction of sp³-hybridized carbons (Fsp3) is 0.133. The van der Waals surface area contributed by atoms with Gasteiger partial charge in [0.15, 0.2) is 0 Å². The molecule has 0 fully saturated rings.